The summed E-state index contributed by atoms with van der Waals surface area (Å²) in [5.74, 6) is -0.360. The molecular weight excluding hydrogens is 428 g/mol. The Balaban J connectivity index is 1.52. The number of benzene rings is 2. The Morgan fingerprint density at radius 1 is 1.07 bits per heavy atom. The van der Waals surface area contributed by atoms with Crippen LogP contribution in [0.25, 0.3) is 0 Å². The number of aryl methyl sites for hydroxylation is 1. The smallest absolute Gasteiger partial charge is 0.238 e. The third kappa shape index (κ3) is 2.81. The molecule has 0 saturated carbocycles. The number of halogens is 1. The van der Waals surface area contributed by atoms with Gasteiger partial charge in [-0.25, -0.2) is 0 Å². The summed E-state index contributed by atoms with van der Waals surface area (Å²) in [6.45, 7) is 2.74. The van der Waals surface area contributed by atoms with Gasteiger partial charge in [0.1, 0.15) is 5.84 Å². The molecule has 4 atom stereocenters. The number of hydrogen-bond acceptors (Lipinski definition) is 4. The lowest BCUT2D eigenvalue weighted by molar-refractivity contribution is -0.121. The normalized spacial score (nSPS) is 28.3. The molecule has 5 rings (SSSR count). The number of nitrogens with zero attached hydrogens (tertiary/aromatic N) is 2. The van der Waals surface area contributed by atoms with Gasteiger partial charge in [0.25, 0.3) is 0 Å². The monoisotopic (exact) mass is 448 g/mol. The highest BCUT2D eigenvalue weighted by atomic mass is 79.9. The number of carbonyl (C=O) groups excluding carboxylic acids is 1. The number of amides is 1. The molecule has 0 aromatic heterocycles. The molecule has 29 heavy (non-hydrogen) atoms. The van der Waals surface area contributed by atoms with Crippen LogP contribution in [0.1, 0.15) is 11.1 Å². The molecule has 3 unspecified atom stereocenters. The zero-order valence-corrected chi connectivity index (χ0v) is 17.6. The summed E-state index contributed by atoms with van der Waals surface area (Å²) in [6, 6.07) is 15.5. The van der Waals surface area contributed by atoms with Crippen LogP contribution in [-0.2, 0) is 11.3 Å². The minimum Gasteiger partial charge on any atom is -0.304 e. The Hall–Kier alpha value is -2.57. The summed E-state index contributed by atoms with van der Waals surface area (Å²) in [6.07, 6.45) is 3.80. The van der Waals surface area contributed by atoms with E-state index in [0.29, 0.717) is 23.8 Å². The first-order valence-corrected chi connectivity index (χ1v) is 10.5. The van der Waals surface area contributed by atoms with E-state index in [0.717, 1.165) is 4.47 Å². The fourth-order valence-electron chi connectivity index (χ4n) is 5.05. The van der Waals surface area contributed by atoms with Crippen LogP contribution in [0.4, 0.5) is 5.69 Å². The van der Waals surface area contributed by atoms with Crippen molar-refractivity contribution < 1.29 is 4.79 Å². The van der Waals surface area contributed by atoms with Crippen molar-refractivity contribution in [2.75, 3.05) is 4.90 Å². The van der Waals surface area contributed by atoms with E-state index in [-0.39, 0.29) is 29.8 Å². The number of fused-ring (bicyclic) bond motifs is 5. The summed E-state index contributed by atoms with van der Waals surface area (Å²) < 4.78 is 0.876. The number of amidine groups is 1. The van der Waals surface area contributed by atoms with Crippen LogP contribution in [0.3, 0.4) is 0 Å². The van der Waals surface area contributed by atoms with Crippen molar-refractivity contribution in [3.63, 3.8) is 0 Å². The maximum atomic E-state index is 13.4. The van der Waals surface area contributed by atoms with Gasteiger partial charge in [0.2, 0.25) is 5.91 Å². The lowest BCUT2D eigenvalue weighted by Gasteiger charge is -2.35. The summed E-state index contributed by atoms with van der Waals surface area (Å²) >= 11 is 3.46. The Labute approximate surface area is 178 Å². The van der Waals surface area contributed by atoms with Gasteiger partial charge in [-0.05, 0) is 36.8 Å². The van der Waals surface area contributed by atoms with E-state index in [1.807, 2.05) is 42.5 Å². The fourth-order valence-corrected chi connectivity index (χ4v) is 5.44. The Kier molecular flexibility index (Phi) is 4.29. The van der Waals surface area contributed by atoms with E-state index in [1.165, 1.54) is 16.0 Å². The van der Waals surface area contributed by atoms with Crippen molar-refractivity contribution in [3.05, 3.63) is 76.3 Å². The van der Waals surface area contributed by atoms with Crippen molar-refractivity contribution in [3.8, 4) is 0 Å². The number of hydrogen-bond donors (Lipinski definition) is 2. The molecule has 3 heterocycles. The van der Waals surface area contributed by atoms with E-state index in [1.54, 1.807) is 0 Å². The molecule has 1 amide bonds. The molecule has 3 aliphatic heterocycles. The van der Waals surface area contributed by atoms with Gasteiger partial charge in [0.15, 0.2) is 0 Å². The minimum atomic E-state index is -0.324. The molecule has 0 spiro atoms. The van der Waals surface area contributed by atoms with Gasteiger partial charge in [0.05, 0.1) is 23.6 Å². The third-order valence-corrected chi connectivity index (χ3v) is 6.70. The van der Waals surface area contributed by atoms with Crippen molar-refractivity contribution in [2.24, 2.45) is 11.8 Å². The lowest BCUT2D eigenvalue weighted by atomic mass is 9.89. The zero-order chi connectivity index (χ0) is 20.3. The van der Waals surface area contributed by atoms with Crippen molar-refractivity contribution in [1.82, 2.24) is 4.90 Å². The molecule has 2 saturated heterocycles. The number of rotatable bonds is 3. The number of nitrogens with one attached hydrogen (secondary N) is 2. The molecule has 2 bridgehead atoms. The molecule has 2 aromatic carbocycles. The van der Waals surface area contributed by atoms with Gasteiger partial charge in [0, 0.05) is 22.8 Å². The lowest BCUT2D eigenvalue weighted by Crippen LogP contribution is -2.48. The van der Waals surface area contributed by atoms with Gasteiger partial charge in [-0.3, -0.25) is 20.0 Å². The van der Waals surface area contributed by atoms with Crippen LogP contribution in [-0.4, -0.2) is 34.4 Å². The molecule has 0 aliphatic carbocycles. The maximum Gasteiger partial charge on any atom is 0.238 e. The van der Waals surface area contributed by atoms with Gasteiger partial charge in [-0.1, -0.05) is 57.9 Å². The molecule has 146 valence electrons. The van der Waals surface area contributed by atoms with Crippen LogP contribution in [0.15, 0.2) is 65.2 Å². The first-order chi connectivity index (χ1) is 14.0. The highest BCUT2D eigenvalue weighted by Crippen LogP contribution is 2.47. The predicted molar refractivity (Wildman–Crippen MR) is 117 cm³/mol. The SMILES string of the molecule is Cc1cccc(CN2C3C=CC(=N)C2[C@H]2C(=N)N(c4cccc(Br)c4)C(=O)C32)c1. The van der Waals surface area contributed by atoms with Crippen LogP contribution >= 0.6 is 15.9 Å². The van der Waals surface area contributed by atoms with Crippen LogP contribution in [0, 0.1) is 29.6 Å². The Morgan fingerprint density at radius 2 is 1.86 bits per heavy atom. The third-order valence-electron chi connectivity index (χ3n) is 6.20. The largest absolute Gasteiger partial charge is 0.304 e. The topological polar surface area (TPSA) is 71.2 Å². The average molecular weight is 449 g/mol. The predicted octanol–water partition coefficient (Wildman–Crippen LogP) is 4.16. The molecule has 6 heteroatoms. The molecule has 0 radical (unpaired) electrons. The van der Waals surface area contributed by atoms with E-state index in [2.05, 4.69) is 46.0 Å². The number of anilines is 1. The van der Waals surface area contributed by atoms with Crippen LogP contribution < -0.4 is 4.90 Å². The van der Waals surface area contributed by atoms with E-state index in [4.69, 9.17) is 10.8 Å². The molecular formula is C23H21BrN4O. The number of carbonyl (C=O) groups is 1. The molecule has 3 aliphatic rings. The molecule has 2 fully saturated rings. The van der Waals surface area contributed by atoms with Gasteiger partial charge in [-0.15, -0.1) is 0 Å². The standard InChI is InChI=1S/C23H21BrN4O/c1-13-4-2-5-14(10-13)12-27-18-9-8-17(25)21(27)20-19(18)23(29)28(22(20)26)16-7-3-6-15(24)11-16/h2-11,18-21,25-26H,12H2,1H3/t18?,19?,20-,21?/m0/s1. The zero-order valence-electron chi connectivity index (χ0n) is 16.0. The summed E-state index contributed by atoms with van der Waals surface area (Å²) in [5.41, 5.74) is 3.56. The molecule has 2 N–H and O–H groups in total. The first-order valence-electron chi connectivity index (χ1n) is 9.71. The summed E-state index contributed by atoms with van der Waals surface area (Å²) in [7, 11) is 0. The van der Waals surface area contributed by atoms with Gasteiger partial charge in [-0.2, -0.15) is 0 Å². The highest BCUT2D eigenvalue weighted by molar-refractivity contribution is 9.10. The molecule has 5 nitrogen and oxygen atoms in total. The Bertz CT molecular complexity index is 1080. The van der Waals surface area contributed by atoms with Crippen molar-refractivity contribution >= 4 is 39.1 Å². The average Bonchev–Trinajstić information content (AvgIpc) is 3.06. The second-order valence-corrected chi connectivity index (χ2v) is 8.92. The van der Waals surface area contributed by atoms with E-state index < -0.39 is 0 Å². The maximum absolute atomic E-state index is 13.4. The van der Waals surface area contributed by atoms with Crippen LogP contribution in [0.2, 0.25) is 0 Å². The Morgan fingerprint density at radius 3 is 2.62 bits per heavy atom. The van der Waals surface area contributed by atoms with Gasteiger partial charge < -0.3 is 5.41 Å². The van der Waals surface area contributed by atoms with E-state index in [9.17, 15) is 4.79 Å². The van der Waals surface area contributed by atoms with Crippen LogP contribution in [0.5, 0.6) is 0 Å². The molecule has 2 aromatic rings. The fraction of sp³-hybridized carbons (Fsp3) is 0.261. The minimum absolute atomic E-state index is 0.0424. The van der Waals surface area contributed by atoms with Crippen molar-refractivity contribution in [1.29, 1.82) is 10.8 Å². The van der Waals surface area contributed by atoms with Gasteiger partial charge >= 0.3 is 0 Å². The van der Waals surface area contributed by atoms with E-state index >= 15 is 0 Å². The second-order valence-electron chi connectivity index (χ2n) is 8.00. The quantitative estimate of drug-likeness (QED) is 0.739. The first kappa shape index (κ1) is 18.5. The summed E-state index contributed by atoms with van der Waals surface area (Å²) in [4.78, 5) is 17.2. The second kappa shape index (κ2) is 6.75. The summed E-state index contributed by atoms with van der Waals surface area (Å²) in [5, 5.41) is 17.4. The van der Waals surface area contributed by atoms with Crippen molar-refractivity contribution in [2.45, 2.75) is 25.6 Å². The highest BCUT2D eigenvalue weighted by Gasteiger charge is 2.61.